The van der Waals surface area contributed by atoms with Gasteiger partial charge in [0.25, 0.3) is 17.7 Å². The Labute approximate surface area is 564 Å². The Morgan fingerprint density at radius 3 is 1.22 bits per heavy atom. The Morgan fingerprint density at radius 2 is 0.856 bits per heavy atom. The van der Waals surface area contributed by atoms with Crippen LogP contribution < -0.4 is 16.0 Å². The predicted octanol–water partition coefficient (Wildman–Crippen LogP) is 19.7. The molecule has 90 heavy (non-hydrogen) atoms. The van der Waals surface area contributed by atoms with Crippen LogP contribution >= 0.6 is 104 Å². The van der Waals surface area contributed by atoms with Crippen LogP contribution in [0.3, 0.4) is 0 Å². The molecule has 0 spiro atoms. The number of carbonyl (C=O) groups excluding carboxylic acids is 3. The number of amides is 3. The van der Waals surface area contributed by atoms with Gasteiger partial charge >= 0.3 is 0 Å². The molecule has 462 valence electrons. The molecule has 0 saturated heterocycles. The summed E-state index contributed by atoms with van der Waals surface area (Å²) >= 11 is 42.4. The molecular weight excluding hydrogens is 1310 g/mol. The van der Waals surface area contributed by atoms with Crippen LogP contribution in [0.2, 0.25) is 30.1 Å². The van der Waals surface area contributed by atoms with E-state index in [1.807, 2.05) is 148 Å². The first-order chi connectivity index (χ1) is 43.4. The Bertz CT molecular complexity index is 4090. The van der Waals surface area contributed by atoms with Gasteiger partial charge in [-0.05, 0) is 167 Å². The highest BCUT2D eigenvalue weighted by Gasteiger charge is 2.30. The molecule has 0 radical (unpaired) electrons. The average Bonchev–Trinajstić information content (AvgIpc) is 1.74. The highest BCUT2D eigenvalue weighted by Crippen LogP contribution is 2.39. The fourth-order valence-electron chi connectivity index (χ4n) is 10.8. The quantitative estimate of drug-likeness (QED) is 0.0923. The molecule has 4 aromatic carbocycles. The Morgan fingerprint density at radius 1 is 0.467 bits per heavy atom. The average molecular weight is 1380 g/mol. The number of thiophene rings is 3. The first-order valence-corrected chi connectivity index (χ1v) is 33.9. The summed E-state index contributed by atoms with van der Waals surface area (Å²) in [6.07, 6.45) is 7.85. The van der Waals surface area contributed by atoms with E-state index >= 15 is 0 Å². The molecule has 1 saturated carbocycles. The molecule has 0 unspecified atom stereocenters. The number of rotatable bonds is 15. The lowest BCUT2D eigenvalue weighted by atomic mass is 9.84. The number of hydrogen-bond donors (Lipinski definition) is 3. The zero-order chi connectivity index (χ0) is 63.8. The van der Waals surface area contributed by atoms with Crippen LogP contribution in [0.25, 0.3) is 48.8 Å². The second kappa shape index (κ2) is 29.9. The summed E-state index contributed by atoms with van der Waals surface area (Å²) in [4.78, 5) is 46.7. The number of halogens is 6. The van der Waals surface area contributed by atoms with Crippen molar-refractivity contribution in [1.29, 1.82) is 0 Å². The molecule has 0 aliphatic heterocycles. The van der Waals surface area contributed by atoms with E-state index in [1.165, 1.54) is 32.1 Å². The van der Waals surface area contributed by atoms with Crippen molar-refractivity contribution >= 4 is 121 Å². The fraction of sp³-hybridized carbons (Fsp3) is 0.221. The standard InChI is InChI=1S/C23H25Cl2N3OS.C23H19Cl2N3OS.C22H18Cl2N4OS/c2*1-14-21(23(29)26-15(2)16-7-4-3-5-8-16)27-28(22(14)20-9-6-12-30-20)19-11-10-17(24)13-18(19)25;1-13-20(22(29)26-14(2)17-6-3-4-10-25-17)27-28(21(13)19-7-5-11-30-19)18-9-8-15(23)12-16(18)24/h6,9-13,15-16H,3-5,7-8H2,1-2H3,(H,26,29);3-13,15H,1-2H3,(H,26,29);3-12,14H,1-2H3,(H,26,29)/t2*15-;14-/m000/s1. The van der Waals surface area contributed by atoms with Gasteiger partial charge in [0.15, 0.2) is 17.1 Å². The summed E-state index contributed by atoms with van der Waals surface area (Å²) in [5.74, 6) is -0.0995. The summed E-state index contributed by atoms with van der Waals surface area (Å²) in [5.41, 5.74) is 9.93. The fourth-order valence-corrected chi connectivity index (χ4v) is 14.7. The Hall–Kier alpha value is -7.09. The second-order valence-electron chi connectivity index (χ2n) is 21.6. The minimum absolute atomic E-state index is 0.131. The number of aromatic nitrogens is 7. The second-order valence-corrected chi connectivity index (χ2v) is 27.0. The van der Waals surface area contributed by atoms with E-state index in [4.69, 9.17) is 74.7 Å². The van der Waals surface area contributed by atoms with Gasteiger partial charge in [0.1, 0.15) is 0 Å². The van der Waals surface area contributed by atoms with Crippen molar-refractivity contribution in [3.05, 3.63) is 237 Å². The topological polar surface area (TPSA) is 154 Å². The molecule has 7 heterocycles. The van der Waals surface area contributed by atoms with E-state index in [1.54, 1.807) is 96.7 Å². The maximum atomic E-state index is 13.2. The van der Waals surface area contributed by atoms with E-state index in [0.717, 1.165) is 59.7 Å². The minimum atomic E-state index is -0.271. The molecule has 22 heteroatoms. The maximum Gasteiger partial charge on any atom is 0.272 e. The number of nitrogens with one attached hydrogen (secondary N) is 3. The Balaban J connectivity index is 0.000000148. The molecule has 7 aromatic heterocycles. The summed E-state index contributed by atoms with van der Waals surface area (Å²) in [7, 11) is 0. The molecule has 12 rings (SSSR count). The van der Waals surface area contributed by atoms with Crippen molar-refractivity contribution in [3.8, 4) is 48.8 Å². The molecule has 0 bridgehead atoms. The van der Waals surface area contributed by atoms with Crippen molar-refractivity contribution in [3.63, 3.8) is 0 Å². The molecule has 11 aromatic rings. The van der Waals surface area contributed by atoms with Gasteiger partial charge in [-0.25, -0.2) is 14.0 Å². The van der Waals surface area contributed by atoms with Crippen LogP contribution in [0.5, 0.6) is 0 Å². The van der Waals surface area contributed by atoms with Crippen LogP contribution in [0.15, 0.2) is 162 Å². The van der Waals surface area contributed by atoms with Crippen LogP contribution in [0, 0.1) is 26.7 Å². The van der Waals surface area contributed by atoms with Crippen molar-refractivity contribution in [2.75, 3.05) is 0 Å². The normalized spacial score (nSPS) is 13.3. The van der Waals surface area contributed by atoms with E-state index in [0.29, 0.717) is 70.2 Å². The lowest BCUT2D eigenvalue weighted by Gasteiger charge is -2.28. The highest BCUT2D eigenvalue weighted by atomic mass is 35.5. The first kappa shape index (κ1) is 65.8. The summed E-state index contributed by atoms with van der Waals surface area (Å²) < 4.78 is 5.20. The Kier molecular flexibility index (Phi) is 21.9. The third-order valence-corrected chi connectivity index (χ3v) is 19.8. The lowest BCUT2D eigenvalue weighted by molar-refractivity contribution is 0.0909. The van der Waals surface area contributed by atoms with Crippen LogP contribution in [-0.2, 0) is 0 Å². The van der Waals surface area contributed by atoms with Crippen molar-refractivity contribution in [2.24, 2.45) is 5.92 Å². The van der Waals surface area contributed by atoms with Crippen molar-refractivity contribution in [2.45, 2.75) is 91.8 Å². The molecule has 1 fully saturated rings. The van der Waals surface area contributed by atoms with Crippen LogP contribution in [0.4, 0.5) is 0 Å². The van der Waals surface area contributed by atoms with Gasteiger partial charge in [-0.3, -0.25) is 19.4 Å². The zero-order valence-electron chi connectivity index (χ0n) is 49.8. The minimum Gasteiger partial charge on any atom is -0.348 e. The molecular formula is C68H62Cl6N10O3S3. The van der Waals surface area contributed by atoms with Gasteiger partial charge in [-0.2, -0.15) is 15.3 Å². The third kappa shape index (κ3) is 15.1. The number of carbonyl (C=O) groups is 3. The number of pyridine rings is 1. The highest BCUT2D eigenvalue weighted by molar-refractivity contribution is 7.14. The van der Waals surface area contributed by atoms with Gasteiger partial charge < -0.3 is 16.0 Å². The number of nitrogens with zero attached hydrogens (tertiary/aromatic N) is 7. The van der Waals surface area contributed by atoms with Gasteiger partial charge in [-0.1, -0.05) is 143 Å². The smallest absolute Gasteiger partial charge is 0.272 e. The van der Waals surface area contributed by atoms with Gasteiger partial charge in [0.2, 0.25) is 0 Å². The molecule has 1 aliphatic rings. The van der Waals surface area contributed by atoms with E-state index < -0.39 is 0 Å². The summed E-state index contributed by atoms with van der Waals surface area (Å²) in [6, 6.07) is 42.9. The van der Waals surface area contributed by atoms with Crippen LogP contribution in [0.1, 0.15) is 124 Å². The molecule has 1 aliphatic carbocycles. The van der Waals surface area contributed by atoms with Gasteiger partial charge in [-0.15, -0.1) is 34.0 Å². The first-order valence-electron chi connectivity index (χ1n) is 29.0. The van der Waals surface area contributed by atoms with Crippen molar-refractivity contribution in [1.82, 2.24) is 50.3 Å². The van der Waals surface area contributed by atoms with E-state index in [2.05, 4.69) is 38.1 Å². The molecule has 3 atom stereocenters. The monoisotopic (exact) mass is 1370 g/mol. The van der Waals surface area contributed by atoms with E-state index in [-0.39, 0.29) is 35.8 Å². The molecule has 3 N–H and O–H groups in total. The third-order valence-electron chi connectivity index (χ3n) is 15.5. The van der Waals surface area contributed by atoms with E-state index in [9.17, 15) is 14.4 Å². The molecule has 13 nitrogen and oxygen atoms in total. The molecule has 3 amide bonds. The lowest BCUT2D eigenvalue weighted by Crippen LogP contribution is -2.39. The summed E-state index contributed by atoms with van der Waals surface area (Å²) in [5, 5.41) is 32.3. The number of benzene rings is 4. The van der Waals surface area contributed by atoms with Gasteiger partial charge in [0, 0.05) is 44.0 Å². The SMILES string of the molecule is Cc1c(C(=O)N[C@@H](C)C2CCCCC2)nn(-c2ccc(Cl)cc2Cl)c1-c1cccs1.Cc1c(C(=O)N[C@@H](C)c2ccccc2)nn(-c2ccc(Cl)cc2Cl)c1-c1cccs1.Cc1c(C(=O)N[C@@H](C)c2ccccn2)nn(-c2ccc(Cl)cc2Cl)c1-c1cccs1. The van der Waals surface area contributed by atoms with Crippen LogP contribution in [-0.4, -0.2) is 58.1 Å². The largest absolute Gasteiger partial charge is 0.348 e. The predicted molar refractivity (Wildman–Crippen MR) is 371 cm³/mol. The van der Waals surface area contributed by atoms with Gasteiger partial charge in [0.05, 0.1) is 81.6 Å². The maximum absolute atomic E-state index is 13.2. The van der Waals surface area contributed by atoms with Crippen molar-refractivity contribution < 1.29 is 14.4 Å². The number of hydrogen-bond acceptors (Lipinski definition) is 10. The summed E-state index contributed by atoms with van der Waals surface area (Å²) in [6.45, 7) is 11.7. The zero-order valence-corrected chi connectivity index (χ0v) is 56.8.